The van der Waals surface area contributed by atoms with Crippen molar-refractivity contribution in [2.75, 3.05) is 7.05 Å². The van der Waals surface area contributed by atoms with Crippen molar-refractivity contribution < 1.29 is 0 Å². The maximum absolute atomic E-state index is 4.41. The summed E-state index contributed by atoms with van der Waals surface area (Å²) in [7, 11) is 2.01. The Bertz CT molecular complexity index is 499. The number of hydrogen-bond donors (Lipinski definition) is 1. The molecule has 0 aliphatic carbocycles. The summed E-state index contributed by atoms with van der Waals surface area (Å²) >= 11 is 0. The van der Waals surface area contributed by atoms with Crippen LogP contribution in [0.25, 0.3) is 0 Å². The van der Waals surface area contributed by atoms with Gasteiger partial charge in [-0.3, -0.25) is 4.68 Å². The second-order valence-corrected chi connectivity index (χ2v) is 5.07. The van der Waals surface area contributed by atoms with E-state index in [9.17, 15) is 0 Å². The zero-order valence-corrected chi connectivity index (χ0v) is 12.1. The molecule has 1 aromatic heterocycles. The number of hydrogen-bond acceptors (Lipinski definition) is 2. The van der Waals surface area contributed by atoms with Gasteiger partial charge in [0, 0.05) is 24.3 Å². The average Bonchev–Trinajstić information content (AvgIpc) is 2.87. The zero-order valence-electron chi connectivity index (χ0n) is 12.1. The normalized spacial score (nSPS) is 12.6. The first-order chi connectivity index (χ1) is 9.22. The van der Waals surface area contributed by atoms with Crippen molar-refractivity contribution in [2.24, 2.45) is 0 Å². The number of rotatable bonds is 6. The summed E-state index contributed by atoms with van der Waals surface area (Å²) in [6.45, 7) is 5.28. The molecule has 0 aliphatic rings. The lowest BCUT2D eigenvalue weighted by molar-refractivity contribution is 0.582. The molecule has 1 N–H and O–H groups in total. The third-order valence-corrected chi connectivity index (χ3v) is 3.42. The van der Waals surface area contributed by atoms with Gasteiger partial charge < -0.3 is 5.32 Å². The van der Waals surface area contributed by atoms with Crippen molar-refractivity contribution in [2.45, 2.75) is 39.3 Å². The van der Waals surface area contributed by atoms with Gasteiger partial charge in [0.15, 0.2) is 0 Å². The van der Waals surface area contributed by atoms with Crippen molar-refractivity contribution >= 4 is 0 Å². The molecule has 19 heavy (non-hydrogen) atoms. The Kier molecular flexibility index (Phi) is 4.74. The second kappa shape index (κ2) is 6.53. The summed E-state index contributed by atoms with van der Waals surface area (Å²) in [5.41, 5.74) is 3.92. The van der Waals surface area contributed by atoms with Crippen LogP contribution in [0.3, 0.4) is 0 Å². The van der Waals surface area contributed by atoms with E-state index in [1.54, 1.807) is 0 Å². The van der Waals surface area contributed by atoms with E-state index < -0.39 is 0 Å². The highest BCUT2D eigenvalue weighted by Gasteiger charge is 2.12. The quantitative estimate of drug-likeness (QED) is 0.861. The maximum atomic E-state index is 4.41. The van der Waals surface area contributed by atoms with Gasteiger partial charge in [-0.05, 0) is 32.4 Å². The molecule has 2 rings (SSSR count). The molecule has 0 aliphatic heterocycles. The molecule has 0 bridgehead atoms. The SMILES string of the molecule is CCCn1cc(C(Cc2ccc(C)cc2)NC)cn1. The standard InChI is InChI=1S/C16H23N3/c1-4-9-19-12-15(11-18-19)16(17-3)10-14-7-5-13(2)6-8-14/h5-8,11-12,16-17H,4,9-10H2,1-3H3. The molecule has 0 saturated carbocycles. The number of nitrogens with zero attached hydrogens (tertiary/aromatic N) is 2. The number of aromatic nitrogens is 2. The van der Waals surface area contributed by atoms with Crippen molar-refractivity contribution in [3.8, 4) is 0 Å². The molecule has 0 amide bonds. The number of nitrogens with one attached hydrogen (secondary N) is 1. The summed E-state index contributed by atoms with van der Waals surface area (Å²) in [4.78, 5) is 0. The Balaban J connectivity index is 2.08. The topological polar surface area (TPSA) is 29.9 Å². The highest BCUT2D eigenvalue weighted by atomic mass is 15.3. The van der Waals surface area contributed by atoms with E-state index in [1.807, 2.05) is 17.9 Å². The largest absolute Gasteiger partial charge is 0.313 e. The summed E-state index contributed by atoms with van der Waals surface area (Å²) in [5.74, 6) is 0. The predicted octanol–water partition coefficient (Wildman–Crippen LogP) is 3.10. The average molecular weight is 257 g/mol. The minimum Gasteiger partial charge on any atom is -0.313 e. The minimum atomic E-state index is 0.327. The van der Waals surface area contributed by atoms with Crippen LogP contribution in [0.1, 0.15) is 36.1 Å². The molecule has 0 saturated heterocycles. The Morgan fingerprint density at radius 2 is 2.00 bits per heavy atom. The lowest BCUT2D eigenvalue weighted by atomic mass is 10.0. The van der Waals surface area contributed by atoms with Gasteiger partial charge in [-0.25, -0.2) is 0 Å². The van der Waals surface area contributed by atoms with Crippen molar-refractivity contribution in [3.63, 3.8) is 0 Å². The van der Waals surface area contributed by atoms with Gasteiger partial charge in [0.1, 0.15) is 0 Å². The molecule has 3 heteroatoms. The van der Waals surface area contributed by atoms with Crippen LogP contribution in [0, 0.1) is 6.92 Å². The number of aryl methyl sites for hydroxylation is 2. The highest BCUT2D eigenvalue weighted by Crippen LogP contribution is 2.18. The monoisotopic (exact) mass is 257 g/mol. The third-order valence-electron chi connectivity index (χ3n) is 3.42. The Morgan fingerprint density at radius 1 is 1.26 bits per heavy atom. The van der Waals surface area contributed by atoms with Crippen LogP contribution in [0.4, 0.5) is 0 Å². The van der Waals surface area contributed by atoms with Gasteiger partial charge in [0.25, 0.3) is 0 Å². The van der Waals surface area contributed by atoms with Crippen LogP contribution in [0.5, 0.6) is 0 Å². The van der Waals surface area contributed by atoms with E-state index >= 15 is 0 Å². The second-order valence-electron chi connectivity index (χ2n) is 5.07. The van der Waals surface area contributed by atoms with Crippen LogP contribution in [0.2, 0.25) is 0 Å². The van der Waals surface area contributed by atoms with E-state index in [0.717, 1.165) is 19.4 Å². The van der Waals surface area contributed by atoms with E-state index in [2.05, 4.69) is 54.7 Å². The minimum absolute atomic E-state index is 0.327. The van der Waals surface area contributed by atoms with Crippen LogP contribution in [0.15, 0.2) is 36.7 Å². The molecule has 1 heterocycles. The number of benzene rings is 1. The molecule has 2 aromatic rings. The molecule has 1 atom stereocenters. The fourth-order valence-electron chi connectivity index (χ4n) is 2.26. The fourth-order valence-corrected chi connectivity index (χ4v) is 2.26. The van der Waals surface area contributed by atoms with Crippen LogP contribution in [-0.2, 0) is 13.0 Å². The van der Waals surface area contributed by atoms with Crippen LogP contribution < -0.4 is 5.32 Å². The summed E-state index contributed by atoms with van der Waals surface area (Å²) in [6.07, 6.45) is 6.24. The Morgan fingerprint density at radius 3 is 2.63 bits per heavy atom. The molecular weight excluding hydrogens is 234 g/mol. The van der Waals surface area contributed by atoms with Crippen molar-refractivity contribution in [1.29, 1.82) is 0 Å². The van der Waals surface area contributed by atoms with Gasteiger partial charge in [-0.15, -0.1) is 0 Å². The lowest BCUT2D eigenvalue weighted by Gasteiger charge is -2.14. The van der Waals surface area contributed by atoms with E-state index in [1.165, 1.54) is 16.7 Å². The molecular formula is C16H23N3. The van der Waals surface area contributed by atoms with E-state index in [0.29, 0.717) is 6.04 Å². The molecule has 0 fully saturated rings. The van der Waals surface area contributed by atoms with Crippen molar-refractivity contribution in [3.05, 3.63) is 53.3 Å². The van der Waals surface area contributed by atoms with Crippen LogP contribution >= 0.6 is 0 Å². The fraction of sp³-hybridized carbons (Fsp3) is 0.438. The molecule has 102 valence electrons. The molecule has 0 radical (unpaired) electrons. The first-order valence-electron chi connectivity index (χ1n) is 6.98. The first-order valence-corrected chi connectivity index (χ1v) is 6.98. The summed E-state index contributed by atoms with van der Waals surface area (Å²) in [6, 6.07) is 9.07. The van der Waals surface area contributed by atoms with Crippen LogP contribution in [-0.4, -0.2) is 16.8 Å². The zero-order chi connectivity index (χ0) is 13.7. The third kappa shape index (κ3) is 3.67. The van der Waals surface area contributed by atoms with E-state index in [4.69, 9.17) is 0 Å². The van der Waals surface area contributed by atoms with Gasteiger partial charge in [0.05, 0.1) is 6.20 Å². The van der Waals surface area contributed by atoms with Gasteiger partial charge >= 0.3 is 0 Å². The summed E-state index contributed by atoms with van der Waals surface area (Å²) in [5, 5.41) is 7.79. The predicted molar refractivity (Wildman–Crippen MR) is 79.2 cm³/mol. The lowest BCUT2D eigenvalue weighted by Crippen LogP contribution is -2.18. The number of likely N-dealkylation sites (N-methyl/N-ethyl adjacent to an activating group) is 1. The van der Waals surface area contributed by atoms with Gasteiger partial charge in [-0.1, -0.05) is 36.8 Å². The van der Waals surface area contributed by atoms with Crippen molar-refractivity contribution in [1.82, 2.24) is 15.1 Å². The molecule has 1 unspecified atom stereocenters. The van der Waals surface area contributed by atoms with E-state index in [-0.39, 0.29) is 0 Å². The smallest absolute Gasteiger partial charge is 0.0537 e. The summed E-state index contributed by atoms with van der Waals surface area (Å²) < 4.78 is 2.02. The molecule has 3 nitrogen and oxygen atoms in total. The molecule has 0 spiro atoms. The van der Waals surface area contributed by atoms with Gasteiger partial charge in [0.2, 0.25) is 0 Å². The molecule has 1 aromatic carbocycles. The Hall–Kier alpha value is -1.61. The first kappa shape index (κ1) is 13.8. The maximum Gasteiger partial charge on any atom is 0.0537 e. The highest BCUT2D eigenvalue weighted by molar-refractivity contribution is 5.24. The Labute approximate surface area is 115 Å². The van der Waals surface area contributed by atoms with Gasteiger partial charge in [-0.2, -0.15) is 5.10 Å².